The summed E-state index contributed by atoms with van der Waals surface area (Å²) in [7, 11) is 1.66. The Kier molecular flexibility index (Phi) is 5.20. The Morgan fingerprint density at radius 1 is 1.32 bits per heavy atom. The topological polar surface area (TPSA) is 69.4 Å². The zero-order valence-corrected chi connectivity index (χ0v) is 14.5. The van der Waals surface area contributed by atoms with Crippen molar-refractivity contribution in [3.05, 3.63) is 53.7 Å². The number of ether oxygens (including phenoxy) is 1. The Bertz CT molecular complexity index is 772. The van der Waals surface area contributed by atoms with Gasteiger partial charge < -0.3 is 14.7 Å². The second-order valence-corrected chi connectivity index (χ2v) is 6.70. The lowest BCUT2D eigenvalue weighted by atomic mass is 9.75. The predicted octanol–water partition coefficient (Wildman–Crippen LogP) is 2.78. The van der Waals surface area contributed by atoms with Crippen molar-refractivity contribution in [1.82, 2.24) is 4.98 Å². The van der Waals surface area contributed by atoms with Crippen molar-refractivity contribution in [2.75, 3.05) is 31.7 Å². The zero-order valence-electron chi connectivity index (χ0n) is 14.5. The maximum atomic E-state index is 10.2. The van der Waals surface area contributed by atoms with Crippen molar-refractivity contribution in [1.29, 1.82) is 5.26 Å². The standard InChI is InChI=1S/C20H23N3O2/c1-25-18-7-2-5-16(11-18)12-20(15-24)9-4-10-23(14-20)19-8-3-6-17(13-21)22-19/h2-3,5-8,11,24H,4,9-10,12,14-15H2,1H3. The van der Waals surface area contributed by atoms with Gasteiger partial charge in [-0.2, -0.15) is 5.26 Å². The van der Waals surface area contributed by atoms with Gasteiger partial charge in [0.15, 0.2) is 0 Å². The van der Waals surface area contributed by atoms with Crippen molar-refractivity contribution in [2.45, 2.75) is 19.3 Å². The first-order valence-electron chi connectivity index (χ1n) is 8.54. The maximum absolute atomic E-state index is 10.2. The molecule has 1 unspecified atom stereocenters. The van der Waals surface area contributed by atoms with E-state index in [-0.39, 0.29) is 12.0 Å². The molecule has 1 aromatic heterocycles. The van der Waals surface area contributed by atoms with Gasteiger partial charge in [0, 0.05) is 18.5 Å². The molecule has 0 aliphatic carbocycles. The van der Waals surface area contributed by atoms with Crippen LogP contribution in [-0.4, -0.2) is 36.9 Å². The third kappa shape index (κ3) is 3.92. The Balaban J connectivity index is 1.81. The third-order valence-corrected chi connectivity index (χ3v) is 4.88. The Labute approximate surface area is 148 Å². The van der Waals surface area contributed by atoms with Gasteiger partial charge in [0.25, 0.3) is 0 Å². The number of hydrogen-bond acceptors (Lipinski definition) is 5. The SMILES string of the molecule is COc1cccc(CC2(CO)CCCN(c3cccc(C#N)n3)C2)c1. The molecule has 0 radical (unpaired) electrons. The van der Waals surface area contributed by atoms with Crippen molar-refractivity contribution in [2.24, 2.45) is 5.41 Å². The van der Waals surface area contributed by atoms with Crippen molar-refractivity contribution in [3.63, 3.8) is 0 Å². The van der Waals surface area contributed by atoms with E-state index >= 15 is 0 Å². The van der Waals surface area contributed by atoms with Crippen molar-refractivity contribution < 1.29 is 9.84 Å². The van der Waals surface area contributed by atoms with Crippen LogP contribution in [-0.2, 0) is 6.42 Å². The molecule has 0 spiro atoms. The van der Waals surface area contributed by atoms with E-state index in [2.05, 4.69) is 22.0 Å². The molecule has 5 heteroatoms. The zero-order chi connectivity index (χ0) is 17.7. The van der Waals surface area contributed by atoms with Gasteiger partial charge >= 0.3 is 0 Å². The molecule has 130 valence electrons. The van der Waals surface area contributed by atoms with Crippen molar-refractivity contribution >= 4 is 5.82 Å². The highest BCUT2D eigenvalue weighted by Crippen LogP contribution is 2.35. The first-order valence-corrected chi connectivity index (χ1v) is 8.54. The fourth-order valence-corrected chi connectivity index (χ4v) is 3.61. The molecule has 2 heterocycles. The highest BCUT2D eigenvalue weighted by Gasteiger charge is 2.35. The Morgan fingerprint density at radius 2 is 2.16 bits per heavy atom. The molecule has 0 amide bonds. The van der Waals surface area contributed by atoms with Crippen LogP contribution in [0.2, 0.25) is 0 Å². The molecule has 1 aliphatic rings. The second kappa shape index (κ2) is 7.54. The molecule has 0 bridgehead atoms. The van der Waals surface area contributed by atoms with E-state index in [0.717, 1.165) is 49.5 Å². The quantitative estimate of drug-likeness (QED) is 0.908. The average molecular weight is 337 g/mol. The Hall–Kier alpha value is -2.58. The fourth-order valence-electron chi connectivity index (χ4n) is 3.61. The fraction of sp³-hybridized carbons (Fsp3) is 0.400. The number of methoxy groups -OCH3 is 1. The molecule has 0 saturated carbocycles. The van der Waals surface area contributed by atoms with E-state index in [1.165, 1.54) is 0 Å². The first-order chi connectivity index (χ1) is 12.2. The molecule has 25 heavy (non-hydrogen) atoms. The molecule has 1 fully saturated rings. The first kappa shape index (κ1) is 17.2. The van der Waals surface area contributed by atoms with Crippen molar-refractivity contribution in [3.8, 4) is 11.8 Å². The average Bonchev–Trinajstić information content (AvgIpc) is 2.68. The molecule has 1 aromatic carbocycles. The van der Waals surface area contributed by atoms with Gasteiger partial charge in [0.05, 0.1) is 13.7 Å². The van der Waals surface area contributed by atoms with E-state index < -0.39 is 0 Å². The summed E-state index contributed by atoms with van der Waals surface area (Å²) in [5, 5.41) is 19.2. The number of aliphatic hydroxyl groups excluding tert-OH is 1. The summed E-state index contributed by atoms with van der Waals surface area (Å²) in [6, 6.07) is 15.6. The summed E-state index contributed by atoms with van der Waals surface area (Å²) >= 11 is 0. The molecule has 1 N–H and O–H groups in total. The summed E-state index contributed by atoms with van der Waals surface area (Å²) in [6.45, 7) is 1.74. The van der Waals surface area contributed by atoms with Crippen LogP contribution in [0.15, 0.2) is 42.5 Å². The minimum Gasteiger partial charge on any atom is -0.497 e. The number of aromatic nitrogens is 1. The molecular weight excluding hydrogens is 314 g/mol. The molecular formula is C20H23N3O2. The van der Waals surface area contributed by atoms with Gasteiger partial charge in [-0.15, -0.1) is 0 Å². The molecule has 1 saturated heterocycles. The van der Waals surface area contributed by atoms with Gasteiger partial charge in [-0.25, -0.2) is 4.98 Å². The van der Waals surface area contributed by atoms with Crippen LogP contribution in [0.5, 0.6) is 5.75 Å². The van der Waals surface area contributed by atoms with E-state index in [4.69, 9.17) is 10.00 Å². The Morgan fingerprint density at radius 3 is 2.92 bits per heavy atom. The molecule has 5 nitrogen and oxygen atoms in total. The number of hydrogen-bond donors (Lipinski definition) is 1. The second-order valence-electron chi connectivity index (χ2n) is 6.70. The molecule has 2 aromatic rings. The van der Waals surface area contributed by atoms with E-state index in [1.807, 2.05) is 30.3 Å². The highest BCUT2D eigenvalue weighted by atomic mass is 16.5. The summed E-state index contributed by atoms with van der Waals surface area (Å²) in [6.07, 6.45) is 2.74. The molecule has 3 rings (SSSR count). The van der Waals surface area contributed by atoms with Crippen LogP contribution in [0, 0.1) is 16.7 Å². The smallest absolute Gasteiger partial charge is 0.142 e. The minimum absolute atomic E-state index is 0.124. The number of pyridine rings is 1. The van der Waals surface area contributed by atoms with E-state index in [1.54, 1.807) is 13.2 Å². The van der Waals surface area contributed by atoms with E-state index in [9.17, 15) is 5.11 Å². The molecule has 1 atom stereocenters. The van der Waals surface area contributed by atoms with Gasteiger partial charge in [-0.3, -0.25) is 0 Å². The van der Waals surface area contributed by atoms with Gasteiger partial charge in [0.2, 0.25) is 0 Å². The van der Waals surface area contributed by atoms with Crippen LogP contribution in [0.3, 0.4) is 0 Å². The minimum atomic E-state index is -0.213. The van der Waals surface area contributed by atoms with Gasteiger partial charge in [-0.05, 0) is 49.1 Å². The highest BCUT2D eigenvalue weighted by molar-refractivity contribution is 5.42. The number of anilines is 1. The van der Waals surface area contributed by atoms with Crippen LogP contribution < -0.4 is 9.64 Å². The van der Waals surface area contributed by atoms with E-state index in [0.29, 0.717) is 5.69 Å². The van der Waals surface area contributed by atoms with Crippen LogP contribution in [0.1, 0.15) is 24.1 Å². The largest absolute Gasteiger partial charge is 0.497 e. The lowest BCUT2D eigenvalue weighted by Crippen LogP contribution is -2.47. The number of aliphatic hydroxyl groups is 1. The normalized spacial score (nSPS) is 20.1. The van der Waals surface area contributed by atoms with Gasteiger partial charge in [-0.1, -0.05) is 18.2 Å². The van der Waals surface area contributed by atoms with Gasteiger partial charge in [0.1, 0.15) is 23.3 Å². The lowest BCUT2D eigenvalue weighted by Gasteiger charge is -2.42. The predicted molar refractivity (Wildman–Crippen MR) is 96.6 cm³/mol. The van der Waals surface area contributed by atoms with Crippen LogP contribution in [0.25, 0.3) is 0 Å². The third-order valence-electron chi connectivity index (χ3n) is 4.88. The monoisotopic (exact) mass is 337 g/mol. The number of rotatable bonds is 5. The summed E-state index contributed by atoms with van der Waals surface area (Å²) in [4.78, 5) is 6.59. The summed E-state index contributed by atoms with van der Waals surface area (Å²) in [5.41, 5.74) is 1.37. The maximum Gasteiger partial charge on any atom is 0.142 e. The number of nitrogens with zero attached hydrogens (tertiary/aromatic N) is 3. The number of benzene rings is 1. The number of nitriles is 1. The lowest BCUT2D eigenvalue weighted by molar-refractivity contribution is 0.105. The summed E-state index contributed by atoms with van der Waals surface area (Å²) in [5.74, 6) is 1.64. The van der Waals surface area contributed by atoms with Crippen LogP contribution >= 0.6 is 0 Å². The summed E-state index contributed by atoms with van der Waals surface area (Å²) < 4.78 is 5.31. The van der Waals surface area contributed by atoms with Crippen LogP contribution in [0.4, 0.5) is 5.82 Å². The number of piperidine rings is 1. The molecule has 1 aliphatic heterocycles.